The van der Waals surface area contributed by atoms with Gasteiger partial charge in [0.1, 0.15) is 22.9 Å². The van der Waals surface area contributed by atoms with Crippen molar-refractivity contribution < 1.29 is 32.5 Å². The first-order valence-corrected chi connectivity index (χ1v) is 12.2. The molecular formula is C29H28F4O3. The third-order valence-electron chi connectivity index (χ3n) is 7.46. The van der Waals surface area contributed by atoms with Crippen molar-refractivity contribution >= 4 is 0 Å². The maximum atomic E-state index is 13.8. The Hall–Kier alpha value is -3.06. The Balaban J connectivity index is 1.71. The van der Waals surface area contributed by atoms with Crippen LogP contribution in [-0.4, -0.2) is 15.8 Å². The van der Waals surface area contributed by atoms with Crippen molar-refractivity contribution in [1.29, 1.82) is 0 Å². The van der Waals surface area contributed by atoms with E-state index in [0.29, 0.717) is 34.4 Å². The lowest BCUT2D eigenvalue weighted by Gasteiger charge is -2.47. The number of alkyl halides is 3. The molecule has 1 fully saturated rings. The normalized spacial score (nSPS) is 18.6. The van der Waals surface area contributed by atoms with Gasteiger partial charge in [0.15, 0.2) is 0 Å². The van der Waals surface area contributed by atoms with Crippen LogP contribution in [0, 0.1) is 5.82 Å². The Morgan fingerprint density at radius 1 is 1.06 bits per heavy atom. The summed E-state index contributed by atoms with van der Waals surface area (Å²) in [4.78, 5) is 0. The summed E-state index contributed by atoms with van der Waals surface area (Å²) in [6.45, 7) is 4.03. The van der Waals surface area contributed by atoms with E-state index in [1.54, 1.807) is 12.1 Å². The summed E-state index contributed by atoms with van der Waals surface area (Å²) in [6.07, 6.45) is -1.99. The average Bonchev–Trinajstić information content (AvgIpc) is 2.77. The van der Waals surface area contributed by atoms with Crippen LogP contribution < -0.4 is 4.74 Å². The van der Waals surface area contributed by atoms with E-state index in [-0.39, 0.29) is 17.9 Å². The molecule has 1 spiro atoms. The summed E-state index contributed by atoms with van der Waals surface area (Å²) in [5, 5.41) is 21.4. The number of ether oxygens (including phenoxy) is 1. The topological polar surface area (TPSA) is 49.7 Å². The highest BCUT2D eigenvalue weighted by Gasteiger charge is 2.46. The average molecular weight is 501 g/mol. The minimum absolute atomic E-state index is 0.0348. The van der Waals surface area contributed by atoms with Gasteiger partial charge in [0, 0.05) is 12.0 Å². The van der Waals surface area contributed by atoms with E-state index in [4.69, 9.17) is 4.74 Å². The highest BCUT2D eigenvalue weighted by atomic mass is 19.4. The van der Waals surface area contributed by atoms with Crippen LogP contribution in [0.15, 0.2) is 48.5 Å². The van der Waals surface area contributed by atoms with Crippen LogP contribution >= 0.6 is 0 Å². The number of rotatable bonds is 4. The maximum Gasteiger partial charge on any atom is 0.419 e. The van der Waals surface area contributed by atoms with Gasteiger partial charge in [-0.05, 0) is 89.8 Å². The van der Waals surface area contributed by atoms with Gasteiger partial charge in [0.25, 0.3) is 0 Å². The summed E-state index contributed by atoms with van der Waals surface area (Å²) in [5.41, 5.74) is 2.78. The zero-order chi connectivity index (χ0) is 25.8. The minimum atomic E-state index is -4.66. The SMILES string of the molecule is CC(C)c1cc2c(c(-c3ccc(F)cc3)c1Cc1ccc(C(F)(F)F)c(O)c1)C(O)CC1(CCC1)O2. The molecule has 36 heavy (non-hydrogen) atoms. The number of fused-ring (bicyclic) bond motifs is 1. The van der Waals surface area contributed by atoms with Gasteiger partial charge in [0.05, 0.1) is 11.7 Å². The molecule has 1 atom stereocenters. The van der Waals surface area contributed by atoms with Gasteiger partial charge < -0.3 is 14.9 Å². The maximum absolute atomic E-state index is 13.8. The minimum Gasteiger partial charge on any atom is -0.507 e. The van der Waals surface area contributed by atoms with E-state index < -0.39 is 29.4 Å². The van der Waals surface area contributed by atoms with Crippen LogP contribution in [0.4, 0.5) is 17.6 Å². The first-order valence-electron chi connectivity index (χ1n) is 12.2. The number of hydrogen-bond donors (Lipinski definition) is 2. The molecule has 0 saturated heterocycles. The predicted molar refractivity (Wildman–Crippen MR) is 129 cm³/mol. The number of aromatic hydroxyl groups is 1. The zero-order valence-corrected chi connectivity index (χ0v) is 20.1. The Morgan fingerprint density at radius 2 is 1.75 bits per heavy atom. The van der Waals surface area contributed by atoms with Gasteiger partial charge >= 0.3 is 6.18 Å². The van der Waals surface area contributed by atoms with Gasteiger partial charge in [0.2, 0.25) is 0 Å². The van der Waals surface area contributed by atoms with Crippen LogP contribution in [0.25, 0.3) is 11.1 Å². The lowest BCUT2D eigenvalue weighted by Crippen LogP contribution is -2.47. The molecule has 3 nitrogen and oxygen atoms in total. The second-order valence-corrected chi connectivity index (χ2v) is 10.3. The van der Waals surface area contributed by atoms with Crippen LogP contribution in [0.1, 0.15) is 79.4 Å². The molecule has 2 N–H and O–H groups in total. The second-order valence-electron chi connectivity index (χ2n) is 10.3. The van der Waals surface area contributed by atoms with E-state index in [9.17, 15) is 27.8 Å². The number of aliphatic hydroxyl groups is 1. The molecule has 190 valence electrons. The Bertz CT molecular complexity index is 1290. The van der Waals surface area contributed by atoms with Gasteiger partial charge in [-0.1, -0.05) is 32.0 Å². The summed E-state index contributed by atoms with van der Waals surface area (Å²) >= 11 is 0. The number of aliphatic hydroxyl groups excluding tert-OH is 1. The quantitative estimate of drug-likeness (QED) is 0.362. The summed E-state index contributed by atoms with van der Waals surface area (Å²) in [5.74, 6) is -0.585. The molecule has 3 aromatic rings. The van der Waals surface area contributed by atoms with Crippen molar-refractivity contribution in [2.45, 2.75) is 69.8 Å². The third-order valence-corrected chi connectivity index (χ3v) is 7.46. The molecule has 3 aromatic carbocycles. The summed E-state index contributed by atoms with van der Waals surface area (Å²) in [7, 11) is 0. The van der Waals surface area contributed by atoms with E-state index in [0.717, 1.165) is 42.5 Å². The number of halogens is 4. The molecule has 0 radical (unpaired) electrons. The van der Waals surface area contributed by atoms with Crippen molar-refractivity contribution in [3.05, 3.63) is 82.2 Å². The van der Waals surface area contributed by atoms with Gasteiger partial charge in [-0.2, -0.15) is 13.2 Å². The summed E-state index contributed by atoms with van der Waals surface area (Å²) in [6, 6.07) is 11.3. The van der Waals surface area contributed by atoms with Gasteiger partial charge in [-0.15, -0.1) is 0 Å². The fourth-order valence-corrected chi connectivity index (χ4v) is 5.54. The third kappa shape index (κ3) is 4.34. The van der Waals surface area contributed by atoms with Crippen LogP contribution in [-0.2, 0) is 12.6 Å². The van der Waals surface area contributed by atoms with Crippen LogP contribution in [0.5, 0.6) is 11.5 Å². The molecule has 1 aliphatic carbocycles. The number of hydrogen-bond acceptors (Lipinski definition) is 3. The molecule has 5 rings (SSSR count). The number of phenolic OH excluding ortho intramolecular Hbond substituents is 1. The van der Waals surface area contributed by atoms with E-state index in [1.165, 1.54) is 18.2 Å². The Kier molecular flexibility index (Phi) is 6.02. The zero-order valence-electron chi connectivity index (χ0n) is 20.1. The van der Waals surface area contributed by atoms with Crippen molar-refractivity contribution in [3.63, 3.8) is 0 Å². The monoisotopic (exact) mass is 500 g/mol. The highest BCUT2D eigenvalue weighted by Crippen LogP contribution is 2.53. The largest absolute Gasteiger partial charge is 0.507 e. The van der Waals surface area contributed by atoms with E-state index in [1.807, 2.05) is 19.9 Å². The lowest BCUT2D eigenvalue weighted by molar-refractivity contribution is -0.138. The number of benzene rings is 3. The molecular weight excluding hydrogens is 472 g/mol. The summed E-state index contributed by atoms with van der Waals surface area (Å²) < 4.78 is 59.9. The lowest BCUT2D eigenvalue weighted by atomic mass is 9.71. The molecule has 0 amide bonds. The molecule has 0 aromatic heterocycles. The Morgan fingerprint density at radius 3 is 2.31 bits per heavy atom. The Labute approximate surface area is 207 Å². The van der Waals surface area contributed by atoms with Crippen LogP contribution in [0.2, 0.25) is 0 Å². The number of phenols is 1. The van der Waals surface area contributed by atoms with Gasteiger partial charge in [-0.25, -0.2) is 4.39 Å². The smallest absolute Gasteiger partial charge is 0.419 e. The van der Waals surface area contributed by atoms with Crippen molar-refractivity contribution in [3.8, 4) is 22.6 Å². The predicted octanol–water partition coefficient (Wildman–Crippen LogP) is 7.67. The van der Waals surface area contributed by atoms with E-state index in [2.05, 4.69) is 0 Å². The van der Waals surface area contributed by atoms with E-state index >= 15 is 0 Å². The molecule has 1 saturated carbocycles. The van der Waals surface area contributed by atoms with Crippen molar-refractivity contribution in [2.24, 2.45) is 0 Å². The van der Waals surface area contributed by atoms with Crippen molar-refractivity contribution in [2.75, 3.05) is 0 Å². The van der Waals surface area contributed by atoms with Crippen molar-refractivity contribution in [1.82, 2.24) is 0 Å². The second kappa shape index (κ2) is 8.80. The van der Waals surface area contributed by atoms with Crippen LogP contribution in [0.3, 0.4) is 0 Å². The molecule has 7 heteroatoms. The standard InChI is InChI=1S/C29H28F4O3/c1-16(2)20-14-25-27(24(35)15-28(36-25)10-3-11-28)26(18-5-7-19(30)8-6-18)21(20)12-17-4-9-22(23(34)13-17)29(31,32)33/h4-9,13-14,16,24,34-35H,3,10-12,15H2,1-2H3. The first kappa shape index (κ1) is 24.6. The molecule has 2 aliphatic rings. The fourth-order valence-electron chi connectivity index (χ4n) is 5.54. The first-order chi connectivity index (χ1) is 17.0. The van der Waals surface area contributed by atoms with Gasteiger partial charge in [-0.3, -0.25) is 0 Å². The highest BCUT2D eigenvalue weighted by molar-refractivity contribution is 5.77. The molecule has 1 aliphatic heterocycles. The molecule has 1 heterocycles. The molecule has 1 unspecified atom stereocenters. The fraction of sp³-hybridized carbons (Fsp3) is 0.379. The molecule has 0 bridgehead atoms.